The van der Waals surface area contributed by atoms with Crippen LogP contribution in [0.15, 0.2) is 0 Å². The van der Waals surface area contributed by atoms with Gasteiger partial charge in [-0.05, 0) is 31.6 Å². The summed E-state index contributed by atoms with van der Waals surface area (Å²) in [6.07, 6.45) is 1.66. The highest BCUT2D eigenvalue weighted by Gasteiger charge is 2.69. The molecule has 0 aliphatic carbocycles. The topological polar surface area (TPSA) is 20.2 Å². The molecule has 0 bridgehead atoms. The summed E-state index contributed by atoms with van der Waals surface area (Å²) in [7, 11) is 0. The van der Waals surface area contributed by atoms with Crippen LogP contribution >= 0.6 is 0 Å². The molecule has 5 heteroatoms. The van der Waals surface area contributed by atoms with Crippen molar-refractivity contribution in [2.45, 2.75) is 117 Å². The molecule has 0 aromatic carbocycles. The molecule has 0 saturated heterocycles. The van der Waals surface area contributed by atoms with E-state index in [4.69, 9.17) is 5.11 Å². The zero-order valence-electron chi connectivity index (χ0n) is 16.5. The monoisotopic (exact) mass is 370 g/mol. The minimum Gasteiger partial charge on any atom is -0.332 e. The van der Waals surface area contributed by atoms with Gasteiger partial charge in [0.05, 0.1) is 0 Å². The summed E-state index contributed by atoms with van der Waals surface area (Å²) in [5, 5.41) is 9.10. The molecule has 0 atom stereocenters. The first-order chi connectivity index (χ1) is 11.6. The molecule has 0 aromatic heterocycles. The van der Waals surface area contributed by atoms with Crippen molar-refractivity contribution in [1.82, 2.24) is 0 Å². The van der Waals surface area contributed by atoms with E-state index >= 15 is 8.78 Å². The van der Waals surface area contributed by atoms with E-state index in [0.29, 0.717) is 38.5 Å². The zero-order valence-corrected chi connectivity index (χ0v) is 16.5. The number of hydrogen-bond acceptors (Lipinski definition) is 1. The number of alkyl halides is 4. The summed E-state index contributed by atoms with van der Waals surface area (Å²) in [4.78, 5) is 0. The molecule has 152 valence electrons. The van der Waals surface area contributed by atoms with Gasteiger partial charge in [-0.15, -0.1) is 0 Å². The van der Waals surface area contributed by atoms with E-state index in [0.717, 1.165) is 25.7 Å². The smallest absolute Gasteiger partial charge is 0.332 e. The van der Waals surface area contributed by atoms with Crippen LogP contribution in [0.5, 0.6) is 0 Å². The van der Waals surface area contributed by atoms with Crippen molar-refractivity contribution in [3.05, 3.63) is 0 Å². The van der Waals surface area contributed by atoms with Gasteiger partial charge < -0.3 is 5.11 Å². The van der Waals surface area contributed by atoms with E-state index in [9.17, 15) is 8.78 Å². The lowest BCUT2D eigenvalue weighted by molar-refractivity contribution is -0.372. The van der Waals surface area contributed by atoms with Gasteiger partial charge in [0, 0.05) is 5.41 Å². The number of unbranched alkanes of at least 4 members (excludes halogenated alkanes) is 4. The minimum atomic E-state index is -4.98. The Labute approximate surface area is 151 Å². The molecule has 1 N–H and O–H groups in total. The second-order valence-corrected chi connectivity index (χ2v) is 7.46. The van der Waals surface area contributed by atoms with Gasteiger partial charge in [-0.25, -0.2) is 0 Å². The van der Waals surface area contributed by atoms with Gasteiger partial charge in [0.1, 0.15) is 0 Å². The lowest BCUT2D eigenvalue weighted by Gasteiger charge is -2.48. The molecule has 0 rings (SSSR count). The summed E-state index contributed by atoms with van der Waals surface area (Å²) < 4.78 is 57.3. The largest absolute Gasteiger partial charge is 0.417 e. The van der Waals surface area contributed by atoms with E-state index in [2.05, 4.69) is 0 Å². The molecule has 1 nitrogen and oxygen atoms in total. The van der Waals surface area contributed by atoms with Crippen LogP contribution in [0.25, 0.3) is 0 Å². The Morgan fingerprint density at radius 2 is 1.04 bits per heavy atom. The predicted octanol–water partition coefficient (Wildman–Crippen LogP) is 7.57. The second-order valence-electron chi connectivity index (χ2n) is 7.46. The van der Waals surface area contributed by atoms with Crippen molar-refractivity contribution in [1.29, 1.82) is 0 Å². The van der Waals surface area contributed by atoms with Crippen LogP contribution in [0.4, 0.5) is 17.6 Å². The Morgan fingerprint density at radius 1 is 0.680 bits per heavy atom. The number of halogens is 4. The minimum absolute atomic E-state index is 0.0464. The van der Waals surface area contributed by atoms with Crippen LogP contribution in [0, 0.1) is 11.3 Å². The van der Waals surface area contributed by atoms with Crippen LogP contribution in [0.2, 0.25) is 0 Å². The molecule has 0 spiro atoms. The average Bonchev–Trinajstić information content (AvgIpc) is 2.54. The van der Waals surface area contributed by atoms with Crippen LogP contribution in [0.3, 0.4) is 0 Å². The van der Waals surface area contributed by atoms with Gasteiger partial charge >= 0.3 is 12.0 Å². The summed E-state index contributed by atoms with van der Waals surface area (Å²) in [5.74, 6) is -4.89. The third-order valence-corrected chi connectivity index (χ3v) is 5.55. The predicted molar refractivity (Wildman–Crippen MR) is 96.1 cm³/mol. The quantitative estimate of drug-likeness (QED) is 0.295. The molecule has 25 heavy (non-hydrogen) atoms. The first-order valence-electron chi connectivity index (χ1n) is 10.1. The fourth-order valence-corrected chi connectivity index (χ4v) is 3.99. The van der Waals surface area contributed by atoms with Crippen LogP contribution in [-0.2, 0) is 0 Å². The van der Waals surface area contributed by atoms with Crippen molar-refractivity contribution in [3.63, 3.8) is 0 Å². The number of rotatable bonds is 15. The summed E-state index contributed by atoms with van der Waals surface area (Å²) >= 11 is 0. The lowest BCUT2D eigenvalue weighted by Crippen LogP contribution is -2.57. The molecule has 0 radical (unpaired) electrons. The summed E-state index contributed by atoms with van der Waals surface area (Å²) in [6.45, 7) is 7.73. The van der Waals surface area contributed by atoms with E-state index in [1.165, 1.54) is 0 Å². The maximum absolute atomic E-state index is 15.0. The lowest BCUT2D eigenvalue weighted by atomic mass is 9.61. The van der Waals surface area contributed by atoms with E-state index in [1.54, 1.807) is 0 Å². The first kappa shape index (κ1) is 24.7. The maximum Gasteiger partial charge on any atom is 0.417 e. The molecule has 0 aliphatic heterocycles. The number of hydrogen-bond donors (Lipinski definition) is 1. The standard InChI is InChI=1S/C20H38F4O/c1-5-9-13-17(14-10-6-2)18(15-11-7-3,16-12-8-4)19(21,22)20(23,24)25/h17,25H,5-16H2,1-4H3. The molecule has 0 unspecified atom stereocenters. The maximum atomic E-state index is 15.0. The highest BCUT2D eigenvalue weighted by Crippen LogP contribution is 2.58. The third kappa shape index (κ3) is 6.41. The summed E-state index contributed by atoms with van der Waals surface area (Å²) in [6, 6.07) is 0. The molecule has 0 heterocycles. The molecule has 0 aliphatic rings. The van der Waals surface area contributed by atoms with E-state index < -0.39 is 23.4 Å². The van der Waals surface area contributed by atoms with Crippen molar-refractivity contribution in [2.75, 3.05) is 0 Å². The Morgan fingerprint density at radius 3 is 1.32 bits per heavy atom. The zero-order chi connectivity index (χ0) is 19.6. The Balaban J connectivity index is 6.04. The molecule has 0 aromatic rings. The molecular formula is C20H38F4O. The van der Waals surface area contributed by atoms with Crippen LogP contribution in [0.1, 0.15) is 105 Å². The third-order valence-electron chi connectivity index (χ3n) is 5.55. The van der Waals surface area contributed by atoms with Crippen LogP contribution in [-0.4, -0.2) is 17.1 Å². The summed E-state index contributed by atoms with van der Waals surface area (Å²) in [5.41, 5.74) is -1.83. The average molecular weight is 371 g/mol. The van der Waals surface area contributed by atoms with Crippen molar-refractivity contribution in [3.8, 4) is 0 Å². The van der Waals surface area contributed by atoms with Gasteiger partial charge in [0.2, 0.25) is 0 Å². The Bertz CT molecular complexity index is 323. The molecule has 0 saturated carbocycles. The normalized spacial score (nSPS) is 13.7. The van der Waals surface area contributed by atoms with Gasteiger partial charge in [-0.2, -0.15) is 17.6 Å². The van der Waals surface area contributed by atoms with Gasteiger partial charge in [0.25, 0.3) is 0 Å². The van der Waals surface area contributed by atoms with Crippen molar-refractivity contribution in [2.24, 2.45) is 11.3 Å². The molecular weight excluding hydrogens is 332 g/mol. The van der Waals surface area contributed by atoms with Gasteiger partial charge in [0.15, 0.2) is 0 Å². The molecule has 0 fully saturated rings. The number of aliphatic hydroxyl groups is 1. The Hall–Kier alpha value is -0.320. The van der Waals surface area contributed by atoms with Crippen LogP contribution < -0.4 is 0 Å². The van der Waals surface area contributed by atoms with Crippen molar-refractivity contribution >= 4 is 0 Å². The second kappa shape index (κ2) is 11.4. The highest BCUT2D eigenvalue weighted by atomic mass is 19.3. The molecule has 0 amide bonds. The van der Waals surface area contributed by atoms with Gasteiger partial charge in [-0.3, -0.25) is 0 Å². The van der Waals surface area contributed by atoms with Crippen molar-refractivity contribution < 1.29 is 22.7 Å². The Kier molecular flexibility index (Phi) is 11.3. The SMILES string of the molecule is CCCCC(CCCC)C(CCCC)(CCCC)C(F)(F)C(O)(F)F. The fourth-order valence-electron chi connectivity index (χ4n) is 3.99. The fraction of sp³-hybridized carbons (Fsp3) is 1.00. The van der Waals surface area contributed by atoms with E-state index in [1.807, 2.05) is 27.7 Å². The first-order valence-corrected chi connectivity index (χ1v) is 10.1. The van der Waals surface area contributed by atoms with E-state index in [-0.39, 0.29) is 12.8 Å². The highest BCUT2D eigenvalue weighted by molar-refractivity contribution is 5.01. The van der Waals surface area contributed by atoms with Gasteiger partial charge in [-0.1, -0.05) is 79.1 Å².